The number of nitrogens with one attached hydrogen (secondary N) is 2. The molecule has 0 aliphatic carbocycles. The highest BCUT2D eigenvalue weighted by Crippen LogP contribution is 2.21. The van der Waals surface area contributed by atoms with Crippen molar-refractivity contribution in [3.8, 4) is 0 Å². The molecule has 0 bridgehead atoms. The van der Waals surface area contributed by atoms with Crippen LogP contribution < -0.4 is 15.5 Å². The van der Waals surface area contributed by atoms with Crippen molar-refractivity contribution < 1.29 is 14.4 Å². The maximum Gasteiger partial charge on any atom is 0.254 e. The Morgan fingerprint density at radius 1 is 1.00 bits per heavy atom. The van der Waals surface area contributed by atoms with Gasteiger partial charge in [0.25, 0.3) is 5.91 Å². The monoisotopic (exact) mass is 412 g/mol. The van der Waals surface area contributed by atoms with Crippen molar-refractivity contribution in [3.63, 3.8) is 0 Å². The fraction of sp³-hybridized carbons (Fsp3) is 0.286. The number of benzene rings is 2. The van der Waals surface area contributed by atoms with Crippen molar-refractivity contribution in [2.45, 2.75) is 12.5 Å². The molecule has 2 aromatic rings. The van der Waals surface area contributed by atoms with E-state index in [2.05, 4.69) is 15.5 Å². The van der Waals surface area contributed by atoms with Crippen LogP contribution in [0.2, 0.25) is 5.02 Å². The maximum atomic E-state index is 12.8. The average molecular weight is 413 g/mol. The Labute approximate surface area is 173 Å². The lowest BCUT2D eigenvalue weighted by atomic mass is 10.1. The molecule has 29 heavy (non-hydrogen) atoms. The van der Waals surface area contributed by atoms with E-state index < -0.39 is 6.04 Å². The molecule has 2 aromatic carbocycles. The molecular formula is C21H21ClN4O3. The number of amides is 3. The first-order chi connectivity index (χ1) is 14.0. The first kappa shape index (κ1) is 19.3. The molecule has 0 radical (unpaired) electrons. The fourth-order valence-corrected chi connectivity index (χ4v) is 3.75. The molecule has 1 atom stereocenters. The molecule has 1 fully saturated rings. The Hall–Kier alpha value is -3.06. The van der Waals surface area contributed by atoms with Gasteiger partial charge in [0, 0.05) is 36.9 Å². The molecule has 3 amide bonds. The van der Waals surface area contributed by atoms with E-state index in [4.69, 9.17) is 11.6 Å². The molecule has 2 heterocycles. The molecular weight excluding hydrogens is 392 g/mol. The SMILES string of the molecule is O=C1NC(CC(=O)N2CCN(c3ccc(Cl)cc3)CC2)C(=O)Nc2ccccc21. The second-order valence-electron chi connectivity index (χ2n) is 7.11. The van der Waals surface area contributed by atoms with Crippen LogP contribution in [0.15, 0.2) is 48.5 Å². The smallest absolute Gasteiger partial charge is 0.254 e. The predicted molar refractivity (Wildman–Crippen MR) is 111 cm³/mol. The van der Waals surface area contributed by atoms with Crippen molar-refractivity contribution in [2.24, 2.45) is 0 Å². The van der Waals surface area contributed by atoms with Crippen molar-refractivity contribution in [1.29, 1.82) is 0 Å². The average Bonchev–Trinajstić information content (AvgIpc) is 2.85. The van der Waals surface area contributed by atoms with Crippen LogP contribution in [0.5, 0.6) is 0 Å². The van der Waals surface area contributed by atoms with E-state index in [0.29, 0.717) is 42.5 Å². The van der Waals surface area contributed by atoms with Gasteiger partial charge < -0.3 is 20.4 Å². The van der Waals surface area contributed by atoms with Crippen LogP contribution in [0, 0.1) is 0 Å². The topological polar surface area (TPSA) is 81.8 Å². The van der Waals surface area contributed by atoms with Crippen molar-refractivity contribution in [2.75, 3.05) is 36.4 Å². The molecule has 1 saturated heterocycles. The Balaban J connectivity index is 1.36. The highest BCUT2D eigenvalue weighted by atomic mass is 35.5. The van der Waals surface area contributed by atoms with Gasteiger partial charge in [0.2, 0.25) is 11.8 Å². The molecule has 150 valence electrons. The van der Waals surface area contributed by atoms with E-state index in [-0.39, 0.29) is 24.1 Å². The minimum absolute atomic E-state index is 0.0630. The quantitative estimate of drug-likeness (QED) is 0.809. The van der Waals surface area contributed by atoms with E-state index in [9.17, 15) is 14.4 Å². The normalized spacial score (nSPS) is 19.1. The summed E-state index contributed by atoms with van der Waals surface area (Å²) in [6.07, 6.45) is -0.0630. The van der Waals surface area contributed by atoms with Crippen LogP contribution in [-0.4, -0.2) is 54.8 Å². The molecule has 2 N–H and O–H groups in total. The standard InChI is InChI=1S/C21H21ClN4O3/c22-14-5-7-15(8-6-14)25-9-11-26(12-10-25)19(27)13-18-21(29)23-17-4-2-1-3-16(17)20(28)24-18/h1-8,18H,9-13H2,(H,23,29)(H,24,28). The van der Waals surface area contributed by atoms with Crippen molar-refractivity contribution >= 4 is 40.7 Å². The zero-order valence-electron chi connectivity index (χ0n) is 15.7. The van der Waals surface area contributed by atoms with Gasteiger partial charge in [0.05, 0.1) is 17.7 Å². The first-order valence-corrected chi connectivity index (χ1v) is 9.88. The Bertz CT molecular complexity index is 939. The zero-order valence-corrected chi connectivity index (χ0v) is 16.5. The molecule has 2 aliphatic rings. The molecule has 2 aliphatic heterocycles. The lowest BCUT2D eigenvalue weighted by Gasteiger charge is -2.36. The number of piperazine rings is 1. The summed E-state index contributed by atoms with van der Waals surface area (Å²) in [7, 11) is 0. The van der Waals surface area contributed by atoms with Crippen molar-refractivity contribution in [3.05, 3.63) is 59.1 Å². The number of para-hydroxylation sites is 1. The van der Waals surface area contributed by atoms with Gasteiger partial charge in [-0.05, 0) is 36.4 Å². The van der Waals surface area contributed by atoms with Gasteiger partial charge in [-0.1, -0.05) is 23.7 Å². The van der Waals surface area contributed by atoms with Crippen LogP contribution in [0.1, 0.15) is 16.8 Å². The zero-order chi connectivity index (χ0) is 20.4. The van der Waals surface area contributed by atoms with Gasteiger partial charge in [0.15, 0.2) is 0 Å². The molecule has 0 spiro atoms. The second kappa shape index (κ2) is 8.13. The van der Waals surface area contributed by atoms with Crippen LogP contribution in [0.3, 0.4) is 0 Å². The molecule has 8 heteroatoms. The largest absolute Gasteiger partial charge is 0.368 e. The van der Waals surface area contributed by atoms with Gasteiger partial charge in [0.1, 0.15) is 6.04 Å². The summed E-state index contributed by atoms with van der Waals surface area (Å²) in [4.78, 5) is 41.6. The summed E-state index contributed by atoms with van der Waals surface area (Å²) < 4.78 is 0. The number of rotatable bonds is 3. The lowest BCUT2D eigenvalue weighted by Crippen LogP contribution is -2.51. The number of anilines is 2. The second-order valence-corrected chi connectivity index (χ2v) is 7.55. The van der Waals surface area contributed by atoms with Crippen LogP contribution >= 0.6 is 11.6 Å². The van der Waals surface area contributed by atoms with E-state index >= 15 is 0 Å². The number of nitrogens with zero attached hydrogens (tertiary/aromatic N) is 2. The van der Waals surface area contributed by atoms with E-state index in [1.165, 1.54) is 0 Å². The molecule has 0 aromatic heterocycles. The third-order valence-electron chi connectivity index (χ3n) is 5.25. The van der Waals surface area contributed by atoms with Crippen molar-refractivity contribution in [1.82, 2.24) is 10.2 Å². The van der Waals surface area contributed by atoms with E-state index in [1.54, 1.807) is 29.2 Å². The summed E-state index contributed by atoms with van der Waals surface area (Å²) in [5, 5.41) is 6.09. The number of halogens is 1. The summed E-state index contributed by atoms with van der Waals surface area (Å²) in [6, 6.07) is 13.5. The summed E-state index contributed by atoms with van der Waals surface area (Å²) >= 11 is 5.94. The van der Waals surface area contributed by atoms with E-state index in [1.807, 2.05) is 24.3 Å². The molecule has 0 saturated carbocycles. The molecule has 1 unspecified atom stereocenters. The summed E-state index contributed by atoms with van der Waals surface area (Å²) in [5.74, 6) is -0.882. The van der Waals surface area contributed by atoms with Crippen LogP contribution in [0.25, 0.3) is 0 Å². The van der Waals surface area contributed by atoms with Crippen LogP contribution in [-0.2, 0) is 9.59 Å². The fourth-order valence-electron chi connectivity index (χ4n) is 3.62. The Morgan fingerprint density at radius 3 is 2.41 bits per heavy atom. The van der Waals surface area contributed by atoms with Gasteiger partial charge in [-0.2, -0.15) is 0 Å². The van der Waals surface area contributed by atoms with Crippen LogP contribution in [0.4, 0.5) is 11.4 Å². The van der Waals surface area contributed by atoms with Gasteiger partial charge in [-0.15, -0.1) is 0 Å². The number of hydrogen-bond donors (Lipinski definition) is 2. The summed E-state index contributed by atoms with van der Waals surface area (Å²) in [6.45, 7) is 2.51. The lowest BCUT2D eigenvalue weighted by molar-refractivity contribution is -0.134. The summed E-state index contributed by atoms with van der Waals surface area (Å²) in [5.41, 5.74) is 1.92. The third-order valence-corrected chi connectivity index (χ3v) is 5.51. The minimum atomic E-state index is -0.892. The number of carbonyl (C=O) groups is 3. The number of carbonyl (C=O) groups excluding carboxylic acids is 3. The first-order valence-electron chi connectivity index (χ1n) is 9.50. The number of hydrogen-bond acceptors (Lipinski definition) is 4. The Morgan fingerprint density at radius 2 is 1.69 bits per heavy atom. The molecule has 4 rings (SSSR count). The minimum Gasteiger partial charge on any atom is -0.368 e. The number of fused-ring (bicyclic) bond motifs is 1. The maximum absolute atomic E-state index is 12.8. The predicted octanol–water partition coefficient (Wildman–Crippen LogP) is 2.13. The Kier molecular flexibility index (Phi) is 5.40. The third kappa shape index (κ3) is 4.19. The molecule has 7 nitrogen and oxygen atoms in total. The highest BCUT2D eigenvalue weighted by Gasteiger charge is 2.31. The van der Waals surface area contributed by atoms with Gasteiger partial charge >= 0.3 is 0 Å². The highest BCUT2D eigenvalue weighted by molar-refractivity contribution is 6.30. The van der Waals surface area contributed by atoms with Gasteiger partial charge in [-0.3, -0.25) is 14.4 Å². The van der Waals surface area contributed by atoms with Gasteiger partial charge in [-0.25, -0.2) is 0 Å². The van der Waals surface area contributed by atoms with E-state index in [0.717, 1.165) is 5.69 Å².